The van der Waals surface area contributed by atoms with E-state index in [1.54, 1.807) is 0 Å². The van der Waals surface area contributed by atoms with Crippen molar-refractivity contribution in [3.63, 3.8) is 0 Å². The fourth-order valence-electron chi connectivity index (χ4n) is 2.08. The van der Waals surface area contributed by atoms with E-state index in [9.17, 15) is 0 Å². The Labute approximate surface area is 111 Å². The highest BCUT2D eigenvalue weighted by molar-refractivity contribution is 6.31. The zero-order valence-corrected chi connectivity index (χ0v) is 10.8. The molecular formula is C15H13ClN2. The van der Waals surface area contributed by atoms with Crippen LogP contribution in [0.5, 0.6) is 0 Å². The van der Waals surface area contributed by atoms with E-state index in [1.807, 2.05) is 36.4 Å². The lowest BCUT2D eigenvalue weighted by Crippen LogP contribution is -1.86. The Balaban J connectivity index is 2.13. The van der Waals surface area contributed by atoms with E-state index in [-0.39, 0.29) is 0 Å². The predicted molar refractivity (Wildman–Crippen MR) is 75.9 cm³/mol. The number of aromatic nitrogens is 2. The lowest BCUT2D eigenvalue weighted by Gasteiger charge is -2.03. The fourth-order valence-corrected chi connectivity index (χ4v) is 2.33. The highest BCUT2D eigenvalue weighted by Crippen LogP contribution is 2.25. The SMILES string of the molecule is CCc1cc(-c2nc3ccccc3[nH]2)ccc1Cl. The summed E-state index contributed by atoms with van der Waals surface area (Å²) in [4.78, 5) is 7.92. The Morgan fingerprint density at radius 1 is 1.17 bits per heavy atom. The molecule has 2 nitrogen and oxygen atoms in total. The van der Waals surface area contributed by atoms with Gasteiger partial charge in [-0.25, -0.2) is 4.98 Å². The van der Waals surface area contributed by atoms with Gasteiger partial charge in [0.1, 0.15) is 5.82 Å². The summed E-state index contributed by atoms with van der Waals surface area (Å²) >= 11 is 6.13. The van der Waals surface area contributed by atoms with Crippen molar-refractivity contribution in [2.24, 2.45) is 0 Å². The Morgan fingerprint density at radius 2 is 2.00 bits per heavy atom. The van der Waals surface area contributed by atoms with Gasteiger partial charge >= 0.3 is 0 Å². The molecule has 3 aromatic rings. The Bertz CT molecular complexity index is 668. The maximum Gasteiger partial charge on any atom is 0.138 e. The average Bonchev–Trinajstić information content (AvgIpc) is 2.83. The number of nitrogens with one attached hydrogen (secondary N) is 1. The number of nitrogens with zero attached hydrogens (tertiary/aromatic N) is 1. The number of fused-ring (bicyclic) bond motifs is 1. The van der Waals surface area contributed by atoms with Crippen molar-refractivity contribution in [2.75, 3.05) is 0 Å². The second kappa shape index (κ2) is 4.46. The van der Waals surface area contributed by atoms with Gasteiger partial charge in [0.05, 0.1) is 11.0 Å². The van der Waals surface area contributed by atoms with E-state index in [0.717, 1.165) is 39.4 Å². The van der Waals surface area contributed by atoms with Crippen LogP contribution in [0.2, 0.25) is 5.02 Å². The molecule has 18 heavy (non-hydrogen) atoms. The molecule has 2 aromatic carbocycles. The second-order valence-electron chi connectivity index (χ2n) is 4.26. The molecule has 0 bridgehead atoms. The topological polar surface area (TPSA) is 28.7 Å². The van der Waals surface area contributed by atoms with Gasteiger partial charge in [-0.2, -0.15) is 0 Å². The average molecular weight is 257 g/mol. The third kappa shape index (κ3) is 1.89. The number of halogens is 1. The van der Waals surface area contributed by atoms with Gasteiger partial charge in [0.2, 0.25) is 0 Å². The number of hydrogen-bond acceptors (Lipinski definition) is 1. The summed E-state index contributed by atoms with van der Waals surface area (Å²) in [6.07, 6.45) is 0.924. The van der Waals surface area contributed by atoms with E-state index in [1.165, 1.54) is 0 Å². The number of aryl methyl sites for hydroxylation is 1. The van der Waals surface area contributed by atoms with E-state index in [0.29, 0.717) is 0 Å². The van der Waals surface area contributed by atoms with Crippen LogP contribution < -0.4 is 0 Å². The molecule has 0 aliphatic rings. The summed E-state index contributed by atoms with van der Waals surface area (Å²) in [7, 11) is 0. The molecule has 1 N–H and O–H groups in total. The van der Waals surface area contributed by atoms with Crippen LogP contribution in [0.1, 0.15) is 12.5 Å². The Hall–Kier alpha value is -1.80. The van der Waals surface area contributed by atoms with Gasteiger partial charge < -0.3 is 4.98 Å². The first-order valence-electron chi connectivity index (χ1n) is 6.01. The van der Waals surface area contributed by atoms with Crippen molar-refractivity contribution < 1.29 is 0 Å². The van der Waals surface area contributed by atoms with E-state index in [4.69, 9.17) is 11.6 Å². The Morgan fingerprint density at radius 3 is 2.78 bits per heavy atom. The van der Waals surface area contributed by atoms with E-state index >= 15 is 0 Å². The summed E-state index contributed by atoms with van der Waals surface area (Å²) in [5, 5.41) is 0.817. The van der Waals surface area contributed by atoms with Crippen molar-refractivity contribution in [1.29, 1.82) is 0 Å². The lowest BCUT2D eigenvalue weighted by atomic mass is 10.1. The number of hydrogen-bond donors (Lipinski definition) is 1. The minimum Gasteiger partial charge on any atom is -0.338 e. The number of rotatable bonds is 2. The highest BCUT2D eigenvalue weighted by atomic mass is 35.5. The normalized spacial score (nSPS) is 11.0. The molecule has 0 atom stereocenters. The van der Waals surface area contributed by atoms with Crippen molar-refractivity contribution in [1.82, 2.24) is 9.97 Å². The first kappa shape index (κ1) is 11.3. The molecular weight excluding hydrogens is 244 g/mol. The van der Waals surface area contributed by atoms with Crippen LogP contribution in [0.4, 0.5) is 0 Å². The zero-order chi connectivity index (χ0) is 12.5. The third-order valence-electron chi connectivity index (χ3n) is 3.09. The van der Waals surface area contributed by atoms with Crippen LogP contribution >= 0.6 is 11.6 Å². The van der Waals surface area contributed by atoms with Gasteiger partial charge in [0.15, 0.2) is 0 Å². The second-order valence-corrected chi connectivity index (χ2v) is 4.67. The van der Waals surface area contributed by atoms with Crippen LogP contribution in [0.3, 0.4) is 0 Å². The predicted octanol–water partition coefficient (Wildman–Crippen LogP) is 4.45. The summed E-state index contributed by atoms with van der Waals surface area (Å²) in [5.74, 6) is 0.891. The van der Waals surface area contributed by atoms with Crippen LogP contribution in [0.25, 0.3) is 22.4 Å². The number of benzene rings is 2. The minimum absolute atomic E-state index is 0.817. The smallest absolute Gasteiger partial charge is 0.138 e. The van der Waals surface area contributed by atoms with Gasteiger partial charge in [0, 0.05) is 10.6 Å². The molecule has 0 spiro atoms. The Kier molecular flexibility index (Phi) is 2.80. The molecule has 0 aliphatic carbocycles. The summed E-state index contributed by atoms with van der Waals surface area (Å²) in [5.41, 5.74) is 4.27. The lowest BCUT2D eigenvalue weighted by molar-refractivity contribution is 1.14. The van der Waals surface area contributed by atoms with Crippen molar-refractivity contribution in [3.8, 4) is 11.4 Å². The van der Waals surface area contributed by atoms with Gasteiger partial charge in [0.25, 0.3) is 0 Å². The molecule has 1 heterocycles. The van der Waals surface area contributed by atoms with Gasteiger partial charge in [-0.15, -0.1) is 0 Å². The fraction of sp³-hybridized carbons (Fsp3) is 0.133. The number of H-pyrrole nitrogens is 1. The maximum atomic E-state index is 6.13. The number of aromatic amines is 1. The van der Waals surface area contributed by atoms with Crippen LogP contribution in [-0.4, -0.2) is 9.97 Å². The monoisotopic (exact) mass is 256 g/mol. The van der Waals surface area contributed by atoms with E-state index in [2.05, 4.69) is 23.0 Å². The molecule has 90 valence electrons. The van der Waals surface area contributed by atoms with Crippen molar-refractivity contribution in [2.45, 2.75) is 13.3 Å². The number of imidazole rings is 1. The molecule has 0 saturated heterocycles. The van der Waals surface area contributed by atoms with Crippen LogP contribution in [-0.2, 0) is 6.42 Å². The zero-order valence-electron chi connectivity index (χ0n) is 10.1. The van der Waals surface area contributed by atoms with Gasteiger partial charge in [-0.3, -0.25) is 0 Å². The molecule has 1 aromatic heterocycles. The van der Waals surface area contributed by atoms with Crippen LogP contribution in [0.15, 0.2) is 42.5 Å². The van der Waals surface area contributed by atoms with Crippen molar-refractivity contribution >= 4 is 22.6 Å². The number of para-hydroxylation sites is 2. The first-order chi connectivity index (χ1) is 8.78. The largest absolute Gasteiger partial charge is 0.338 e. The van der Waals surface area contributed by atoms with Crippen molar-refractivity contribution in [3.05, 3.63) is 53.1 Å². The van der Waals surface area contributed by atoms with Gasteiger partial charge in [-0.05, 0) is 42.3 Å². The van der Waals surface area contributed by atoms with Gasteiger partial charge in [-0.1, -0.05) is 30.7 Å². The molecule has 0 amide bonds. The third-order valence-corrected chi connectivity index (χ3v) is 3.46. The summed E-state index contributed by atoms with van der Waals surface area (Å²) in [6.45, 7) is 2.10. The summed E-state index contributed by atoms with van der Waals surface area (Å²) in [6, 6.07) is 14.1. The molecule has 0 saturated carbocycles. The maximum absolute atomic E-state index is 6.13. The standard InChI is InChI=1S/C15H13ClN2/c1-2-10-9-11(7-8-12(10)16)15-17-13-5-3-4-6-14(13)18-15/h3-9H,2H2,1H3,(H,17,18). The molecule has 0 fully saturated rings. The first-order valence-corrected chi connectivity index (χ1v) is 6.39. The summed E-state index contributed by atoms with van der Waals surface area (Å²) < 4.78 is 0. The molecule has 3 rings (SSSR count). The highest BCUT2D eigenvalue weighted by Gasteiger charge is 2.06. The molecule has 3 heteroatoms. The minimum atomic E-state index is 0.817. The molecule has 0 aliphatic heterocycles. The molecule has 0 unspecified atom stereocenters. The van der Waals surface area contributed by atoms with E-state index < -0.39 is 0 Å². The molecule has 0 radical (unpaired) electrons. The van der Waals surface area contributed by atoms with Crippen LogP contribution in [0, 0.1) is 0 Å². The quantitative estimate of drug-likeness (QED) is 0.721.